The van der Waals surface area contributed by atoms with Gasteiger partial charge in [-0.2, -0.15) is 0 Å². The zero-order chi connectivity index (χ0) is 24.2. The molecule has 33 heavy (non-hydrogen) atoms. The monoisotopic (exact) mass is 457 g/mol. The molecule has 0 aliphatic carbocycles. The maximum Gasteiger partial charge on any atom is 0.324 e. The third-order valence-corrected chi connectivity index (χ3v) is 5.56. The molecule has 0 spiro atoms. The molecule has 1 unspecified atom stereocenters. The third-order valence-electron chi connectivity index (χ3n) is 5.56. The van der Waals surface area contributed by atoms with Crippen molar-refractivity contribution in [1.82, 2.24) is 15.3 Å². The first kappa shape index (κ1) is 26.3. The number of nitrogens with zero attached hydrogens (tertiary/aromatic N) is 2. The molecule has 3 amide bonds. The summed E-state index contributed by atoms with van der Waals surface area (Å²) in [5.41, 5.74) is 4.80. The van der Waals surface area contributed by atoms with Gasteiger partial charge in [0.1, 0.15) is 0 Å². The van der Waals surface area contributed by atoms with Crippen LogP contribution >= 0.6 is 0 Å². The average Bonchev–Trinajstić information content (AvgIpc) is 2.85. The number of rotatable bonds is 10. The second-order valence-corrected chi connectivity index (χ2v) is 7.79. The van der Waals surface area contributed by atoms with Crippen LogP contribution in [0.5, 0.6) is 0 Å². The van der Waals surface area contributed by atoms with Gasteiger partial charge in [0.05, 0.1) is 26.4 Å². The first-order valence-electron chi connectivity index (χ1n) is 11.3. The Bertz CT molecular complexity index is 877. The standard InChI is InChI=1S/C25H35N3O5/c1-4-6-23(17-19(3)21-11-15-33-16-12-21)28(25(31)27(5-2)13-14-29)18-20-7-9-22(10-8-20)24(30)26-32/h4,6-11,17,19,29,32H,5,12-16,18H2,1-3H3,(H,26,30)/b6-4-,23-17+. The molecule has 1 aliphatic rings. The Morgan fingerprint density at radius 1 is 1.27 bits per heavy atom. The highest BCUT2D eigenvalue weighted by Gasteiger charge is 2.23. The van der Waals surface area contributed by atoms with E-state index in [9.17, 15) is 14.7 Å². The first-order chi connectivity index (χ1) is 15.9. The maximum absolute atomic E-state index is 13.5. The van der Waals surface area contributed by atoms with Gasteiger partial charge in [0.25, 0.3) is 5.91 Å². The summed E-state index contributed by atoms with van der Waals surface area (Å²) in [5, 5.41) is 18.3. The van der Waals surface area contributed by atoms with Crippen LogP contribution in [0.15, 0.2) is 59.8 Å². The van der Waals surface area contributed by atoms with E-state index in [2.05, 4.69) is 19.1 Å². The van der Waals surface area contributed by atoms with E-state index in [1.54, 1.807) is 39.5 Å². The Morgan fingerprint density at radius 3 is 2.55 bits per heavy atom. The molecule has 0 saturated carbocycles. The maximum atomic E-state index is 13.5. The molecule has 1 aromatic carbocycles. The molecule has 0 saturated heterocycles. The predicted molar refractivity (Wildman–Crippen MR) is 127 cm³/mol. The topological polar surface area (TPSA) is 102 Å². The van der Waals surface area contributed by atoms with Crippen molar-refractivity contribution in [3.63, 3.8) is 0 Å². The molecule has 1 heterocycles. The van der Waals surface area contributed by atoms with Crippen LogP contribution in [0.25, 0.3) is 0 Å². The molecule has 180 valence electrons. The van der Waals surface area contributed by atoms with E-state index in [0.717, 1.165) is 17.7 Å². The largest absolute Gasteiger partial charge is 0.395 e. The van der Waals surface area contributed by atoms with E-state index in [0.29, 0.717) is 25.3 Å². The van der Waals surface area contributed by atoms with Crippen molar-refractivity contribution < 1.29 is 24.6 Å². The molecule has 2 rings (SSSR count). The Morgan fingerprint density at radius 2 is 2.00 bits per heavy atom. The number of carbonyl (C=O) groups excluding carboxylic acids is 2. The normalized spacial score (nSPS) is 15.2. The number of nitrogens with one attached hydrogen (secondary N) is 1. The molecule has 1 aliphatic heterocycles. The highest BCUT2D eigenvalue weighted by atomic mass is 16.5. The molecular weight excluding hydrogens is 422 g/mol. The number of aliphatic hydroxyl groups is 1. The summed E-state index contributed by atoms with van der Waals surface area (Å²) in [6.07, 6.45) is 8.84. The number of hydrogen-bond donors (Lipinski definition) is 3. The van der Waals surface area contributed by atoms with Crippen molar-refractivity contribution in [2.75, 3.05) is 32.9 Å². The number of aliphatic hydroxyl groups excluding tert-OH is 1. The minimum Gasteiger partial charge on any atom is -0.395 e. The highest BCUT2D eigenvalue weighted by molar-refractivity contribution is 5.93. The number of urea groups is 1. The van der Waals surface area contributed by atoms with Gasteiger partial charge in [0, 0.05) is 24.4 Å². The third kappa shape index (κ3) is 7.56. The number of carbonyl (C=O) groups is 2. The van der Waals surface area contributed by atoms with Crippen molar-refractivity contribution >= 4 is 11.9 Å². The van der Waals surface area contributed by atoms with Gasteiger partial charge in [-0.3, -0.25) is 14.9 Å². The molecule has 3 N–H and O–H groups in total. The van der Waals surface area contributed by atoms with Crippen molar-refractivity contribution in [3.05, 3.63) is 71.0 Å². The fourth-order valence-electron chi connectivity index (χ4n) is 3.68. The van der Waals surface area contributed by atoms with E-state index in [1.807, 2.05) is 26.0 Å². The van der Waals surface area contributed by atoms with Crippen LogP contribution in [0.4, 0.5) is 4.79 Å². The molecule has 1 atom stereocenters. The summed E-state index contributed by atoms with van der Waals surface area (Å²) >= 11 is 0. The Hall–Kier alpha value is -2.94. The Kier molecular flexibility index (Phi) is 10.8. The number of hydroxylamine groups is 1. The minimum absolute atomic E-state index is 0.121. The van der Waals surface area contributed by atoms with Gasteiger partial charge in [0.2, 0.25) is 0 Å². The van der Waals surface area contributed by atoms with Gasteiger partial charge in [0.15, 0.2) is 0 Å². The lowest BCUT2D eigenvalue weighted by molar-refractivity contribution is 0.0706. The highest BCUT2D eigenvalue weighted by Crippen LogP contribution is 2.24. The summed E-state index contributed by atoms with van der Waals surface area (Å²) in [5.74, 6) is -0.471. The first-order valence-corrected chi connectivity index (χ1v) is 11.3. The summed E-state index contributed by atoms with van der Waals surface area (Å²) in [7, 11) is 0. The van der Waals surface area contributed by atoms with E-state index in [-0.39, 0.29) is 31.6 Å². The van der Waals surface area contributed by atoms with E-state index in [1.165, 1.54) is 5.57 Å². The van der Waals surface area contributed by atoms with E-state index >= 15 is 0 Å². The summed E-state index contributed by atoms with van der Waals surface area (Å²) in [6.45, 7) is 8.05. The van der Waals surface area contributed by atoms with Gasteiger partial charge < -0.3 is 14.7 Å². The van der Waals surface area contributed by atoms with Crippen LogP contribution in [0.2, 0.25) is 0 Å². The number of amides is 3. The molecule has 0 bridgehead atoms. The van der Waals surface area contributed by atoms with Crippen LogP contribution in [-0.2, 0) is 11.3 Å². The number of benzene rings is 1. The van der Waals surface area contributed by atoms with Crippen LogP contribution in [-0.4, -0.2) is 65.0 Å². The summed E-state index contributed by atoms with van der Waals surface area (Å²) in [6, 6.07) is 6.50. The molecule has 0 aromatic heterocycles. The van der Waals surface area contributed by atoms with Gasteiger partial charge in [-0.1, -0.05) is 42.9 Å². The Balaban J connectivity index is 2.41. The van der Waals surface area contributed by atoms with Crippen molar-refractivity contribution in [2.45, 2.75) is 33.7 Å². The molecule has 8 nitrogen and oxygen atoms in total. The molecule has 0 radical (unpaired) electrons. The SMILES string of the molecule is C/C=C\C(=C/C(C)C1=CCOCC1)N(Cc1ccc(C(=O)NO)cc1)C(=O)N(CC)CCO. The van der Waals surface area contributed by atoms with Crippen molar-refractivity contribution in [1.29, 1.82) is 0 Å². The van der Waals surface area contributed by atoms with Gasteiger partial charge >= 0.3 is 6.03 Å². The second kappa shape index (κ2) is 13.6. The fraction of sp³-hybridized carbons (Fsp3) is 0.440. The van der Waals surface area contributed by atoms with Crippen LogP contribution in [0.1, 0.15) is 43.1 Å². The molecular formula is C25H35N3O5. The minimum atomic E-state index is -0.595. The van der Waals surface area contributed by atoms with Gasteiger partial charge in [-0.25, -0.2) is 10.3 Å². The van der Waals surface area contributed by atoms with E-state index < -0.39 is 5.91 Å². The number of ether oxygens (including phenoxy) is 1. The zero-order valence-electron chi connectivity index (χ0n) is 19.7. The lowest BCUT2D eigenvalue weighted by Crippen LogP contribution is -2.43. The van der Waals surface area contributed by atoms with E-state index in [4.69, 9.17) is 9.94 Å². The van der Waals surface area contributed by atoms with Crippen LogP contribution in [0, 0.1) is 5.92 Å². The second-order valence-electron chi connectivity index (χ2n) is 7.79. The summed E-state index contributed by atoms with van der Waals surface area (Å²) in [4.78, 5) is 28.4. The number of allylic oxidation sites excluding steroid dienone is 3. The Labute approximate surface area is 195 Å². The molecule has 1 aromatic rings. The zero-order valence-corrected chi connectivity index (χ0v) is 19.7. The lowest BCUT2D eigenvalue weighted by atomic mass is 9.95. The molecule has 0 fully saturated rings. The van der Waals surface area contributed by atoms with Crippen molar-refractivity contribution in [3.8, 4) is 0 Å². The van der Waals surface area contributed by atoms with Crippen molar-refractivity contribution in [2.24, 2.45) is 5.92 Å². The van der Waals surface area contributed by atoms with Gasteiger partial charge in [-0.05, 0) is 50.0 Å². The number of likely N-dealkylation sites (N-methyl/N-ethyl adjacent to an activating group) is 1. The predicted octanol–water partition coefficient (Wildman–Crippen LogP) is 3.48. The van der Waals surface area contributed by atoms with Crippen LogP contribution < -0.4 is 5.48 Å². The lowest BCUT2D eigenvalue weighted by Gasteiger charge is -2.31. The smallest absolute Gasteiger partial charge is 0.324 e. The fourth-order valence-corrected chi connectivity index (χ4v) is 3.68. The average molecular weight is 458 g/mol. The van der Waals surface area contributed by atoms with Crippen LogP contribution in [0.3, 0.4) is 0 Å². The molecule has 8 heteroatoms. The number of hydrogen-bond acceptors (Lipinski definition) is 5. The summed E-state index contributed by atoms with van der Waals surface area (Å²) < 4.78 is 5.42. The van der Waals surface area contributed by atoms with Gasteiger partial charge in [-0.15, -0.1) is 0 Å². The quantitative estimate of drug-likeness (QED) is 0.216.